The number of hydrogen-bond donors (Lipinski definition) is 0. The maximum absolute atomic E-state index is 15.9. The Morgan fingerprint density at radius 3 is 2.18 bits per heavy atom. The second-order valence-electron chi connectivity index (χ2n) is 11.1. The molecule has 2 aromatic rings. The molecule has 0 N–H and O–H groups in total. The van der Waals surface area contributed by atoms with E-state index in [-0.39, 0.29) is 0 Å². The van der Waals surface area contributed by atoms with E-state index in [1.165, 1.54) is 62.3 Å². The number of aryl methyl sites for hydroxylation is 1. The van der Waals surface area contributed by atoms with Gasteiger partial charge in [-0.15, -0.1) is 0 Å². The van der Waals surface area contributed by atoms with Crippen LogP contribution in [0.2, 0.25) is 18.1 Å². The summed E-state index contributed by atoms with van der Waals surface area (Å²) in [7, 11) is -0.880. The van der Waals surface area contributed by atoms with Crippen molar-refractivity contribution >= 4 is 8.80 Å². The fourth-order valence-electron chi connectivity index (χ4n) is 6.42. The minimum absolute atomic E-state index is 0.314. The van der Waals surface area contributed by atoms with E-state index in [2.05, 4.69) is 19.1 Å². The van der Waals surface area contributed by atoms with Crippen molar-refractivity contribution in [2.45, 2.75) is 101 Å². The molecule has 1 saturated heterocycles. The lowest BCUT2D eigenvalue weighted by atomic mass is 9.71. The van der Waals surface area contributed by atoms with Crippen LogP contribution in [0.15, 0.2) is 42.5 Å². The van der Waals surface area contributed by atoms with Crippen LogP contribution >= 0.6 is 0 Å². The zero-order chi connectivity index (χ0) is 24.0. The Kier molecular flexibility index (Phi) is 8.96. The number of rotatable bonds is 9. The standard InChI is InChI=1S/C30H41F3Si/c1-2-3-4-5-23-8-13-27(14-9-23)30(33)17-20-34(21-18-30)19-16-24-6-10-25(11-7-24)26-12-15-28(31)29(32)22-26/h6-7,10-12,15,22-23,27,34H,2-5,8-9,13-14,16-21H2,1H3/t23-,27-,30?,34?. The maximum Gasteiger partial charge on any atom is 0.159 e. The number of benzene rings is 2. The van der Waals surface area contributed by atoms with E-state index < -0.39 is 26.1 Å². The average Bonchev–Trinajstić information content (AvgIpc) is 2.86. The lowest BCUT2D eigenvalue weighted by Gasteiger charge is -2.42. The molecule has 0 nitrogen and oxygen atoms in total. The second kappa shape index (κ2) is 11.9. The van der Waals surface area contributed by atoms with Crippen LogP contribution in [0, 0.1) is 23.5 Å². The van der Waals surface area contributed by atoms with Gasteiger partial charge in [-0.2, -0.15) is 0 Å². The van der Waals surface area contributed by atoms with Crippen LogP contribution in [0.3, 0.4) is 0 Å². The summed E-state index contributed by atoms with van der Waals surface area (Å²) in [5.74, 6) is -0.460. The molecule has 0 atom stereocenters. The SMILES string of the molecule is CCCCC[C@H]1CC[C@H](C2(F)CC[SiH](CCc3ccc(-c4ccc(F)c(F)c4)cc3)CC2)CC1. The van der Waals surface area contributed by atoms with Gasteiger partial charge >= 0.3 is 0 Å². The molecular weight excluding hydrogens is 445 g/mol. The van der Waals surface area contributed by atoms with Crippen LogP contribution in [-0.2, 0) is 6.42 Å². The van der Waals surface area contributed by atoms with Gasteiger partial charge < -0.3 is 0 Å². The average molecular weight is 487 g/mol. The first-order valence-corrected chi connectivity index (χ1v) is 16.1. The summed E-state index contributed by atoms with van der Waals surface area (Å²) in [4.78, 5) is 0. The predicted molar refractivity (Wildman–Crippen MR) is 140 cm³/mol. The molecule has 1 heterocycles. The Balaban J connectivity index is 1.20. The van der Waals surface area contributed by atoms with Gasteiger partial charge in [0, 0.05) is 8.80 Å². The van der Waals surface area contributed by atoms with E-state index in [4.69, 9.17) is 0 Å². The van der Waals surface area contributed by atoms with Crippen LogP contribution in [0.1, 0.15) is 76.7 Å². The van der Waals surface area contributed by atoms with Crippen LogP contribution in [0.5, 0.6) is 0 Å². The molecule has 1 saturated carbocycles. The van der Waals surface area contributed by atoms with Crippen molar-refractivity contribution in [1.29, 1.82) is 0 Å². The second-order valence-corrected chi connectivity index (χ2v) is 14.5. The molecular formula is C30H41F3Si. The van der Waals surface area contributed by atoms with Gasteiger partial charge in [-0.3, -0.25) is 0 Å². The Hall–Kier alpha value is -1.55. The first-order chi connectivity index (χ1) is 16.5. The van der Waals surface area contributed by atoms with Crippen LogP contribution in [-0.4, -0.2) is 14.5 Å². The first-order valence-electron chi connectivity index (χ1n) is 13.7. The quantitative estimate of drug-likeness (QED) is 0.245. The molecule has 0 spiro atoms. The minimum Gasteiger partial charge on any atom is -0.244 e. The molecule has 0 aromatic heterocycles. The normalized spacial score (nSPS) is 27.6. The number of alkyl halides is 1. The van der Waals surface area contributed by atoms with Crippen molar-refractivity contribution in [2.75, 3.05) is 0 Å². The fourth-order valence-corrected chi connectivity index (χ4v) is 9.80. The van der Waals surface area contributed by atoms with Gasteiger partial charge in [0.1, 0.15) is 5.67 Å². The van der Waals surface area contributed by atoms with Gasteiger partial charge in [0.25, 0.3) is 0 Å². The van der Waals surface area contributed by atoms with Gasteiger partial charge in [0.05, 0.1) is 0 Å². The lowest BCUT2D eigenvalue weighted by Crippen LogP contribution is -2.41. The summed E-state index contributed by atoms with van der Waals surface area (Å²) >= 11 is 0. The molecule has 0 radical (unpaired) electrons. The third-order valence-electron chi connectivity index (χ3n) is 8.78. The monoisotopic (exact) mass is 486 g/mol. The van der Waals surface area contributed by atoms with Gasteiger partial charge in [0.15, 0.2) is 11.6 Å². The maximum atomic E-state index is 15.9. The molecule has 2 fully saturated rings. The highest BCUT2D eigenvalue weighted by molar-refractivity contribution is 6.59. The third-order valence-corrected chi connectivity index (χ3v) is 12.1. The summed E-state index contributed by atoms with van der Waals surface area (Å²) in [6, 6.07) is 15.8. The van der Waals surface area contributed by atoms with E-state index in [0.29, 0.717) is 11.5 Å². The third kappa shape index (κ3) is 6.56. The van der Waals surface area contributed by atoms with E-state index in [1.54, 1.807) is 6.07 Å². The van der Waals surface area contributed by atoms with Gasteiger partial charge in [0.2, 0.25) is 0 Å². The molecule has 0 bridgehead atoms. The molecule has 1 aliphatic carbocycles. The number of hydrogen-bond acceptors (Lipinski definition) is 0. The molecule has 1 aliphatic heterocycles. The zero-order valence-electron chi connectivity index (χ0n) is 20.8. The highest BCUT2D eigenvalue weighted by Crippen LogP contribution is 2.47. The van der Waals surface area contributed by atoms with Crippen LogP contribution in [0.4, 0.5) is 13.2 Å². The molecule has 34 heavy (non-hydrogen) atoms. The number of halogens is 3. The topological polar surface area (TPSA) is 0 Å². The van der Waals surface area contributed by atoms with Crippen molar-refractivity contribution < 1.29 is 13.2 Å². The summed E-state index contributed by atoms with van der Waals surface area (Å²) in [5, 5.41) is 0. The van der Waals surface area contributed by atoms with Crippen LogP contribution < -0.4 is 0 Å². The Bertz CT molecular complexity index is 894. The van der Waals surface area contributed by atoms with Crippen molar-refractivity contribution in [3.05, 3.63) is 59.7 Å². The van der Waals surface area contributed by atoms with Gasteiger partial charge in [-0.1, -0.05) is 93.9 Å². The number of unbranched alkanes of at least 4 members (excludes halogenated alkanes) is 2. The summed E-state index contributed by atoms with van der Waals surface area (Å²) < 4.78 is 42.6. The van der Waals surface area contributed by atoms with Crippen LogP contribution in [0.25, 0.3) is 11.1 Å². The highest BCUT2D eigenvalue weighted by atomic mass is 28.3. The van der Waals surface area contributed by atoms with Crippen molar-refractivity contribution in [3.63, 3.8) is 0 Å². The lowest BCUT2D eigenvalue weighted by molar-refractivity contribution is 0.0325. The smallest absolute Gasteiger partial charge is 0.159 e. The summed E-state index contributed by atoms with van der Waals surface area (Å²) in [6.45, 7) is 2.26. The van der Waals surface area contributed by atoms with Gasteiger partial charge in [-0.25, -0.2) is 13.2 Å². The molecule has 4 rings (SSSR count). The van der Waals surface area contributed by atoms with E-state index >= 15 is 4.39 Å². The summed E-state index contributed by atoms with van der Waals surface area (Å²) in [6.07, 6.45) is 12.7. The Morgan fingerprint density at radius 2 is 1.53 bits per heavy atom. The molecule has 2 aromatic carbocycles. The summed E-state index contributed by atoms with van der Waals surface area (Å²) in [5.41, 5.74) is 2.00. The molecule has 4 heteroatoms. The largest absolute Gasteiger partial charge is 0.244 e. The van der Waals surface area contributed by atoms with E-state index in [9.17, 15) is 8.78 Å². The van der Waals surface area contributed by atoms with Crippen molar-refractivity contribution in [1.82, 2.24) is 0 Å². The Morgan fingerprint density at radius 1 is 0.853 bits per heavy atom. The highest BCUT2D eigenvalue weighted by Gasteiger charge is 2.43. The van der Waals surface area contributed by atoms with E-state index in [1.807, 2.05) is 12.1 Å². The molecule has 0 amide bonds. The molecule has 0 unspecified atom stereocenters. The predicted octanol–water partition coefficient (Wildman–Crippen LogP) is 9.29. The fraction of sp³-hybridized carbons (Fsp3) is 0.600. The Labute approximate surface area is 206 Å². The van der Waals surface area contributed by atoms with E-state index in [0.717, 1.165) is 55.7 Å². The van der Waals surface area contributed by atoms with Crippen molar-refractivity contribution in [2.24, 2.45) is 11.8 Å². The first kappa shape index (κ1) is 25.5. The zero-order valence-corrected chi connectivity index (χ0v) is 22.0. The van der Waals surface area contributed by atoms with Crippen molar-refractivity contribution in [3.8, 4) is 11.1 Å². The molecule has 2 aliphatic rings. The van der Waals surface area contributed by atoms with Gasteiger partial charge in [-0.05, 0) is 72.8 Å². The minimum atomic E-state index is -0.885. The molecule has 186 valence electrons.